The Bertz CT molecular complexity index is 586. The Morgan fingerprint density at radius 2 is 1.89 bits per heavy atom. The van der Waals surface area contributed by atoms with Crippen LogP contribution in [0.3, 0.4) is 0 Å². The molecule has 19 heavy (non-hydrogen) atoms. The van der Waals surface area contributed by atoms with E-state index in [-0.39, 0.29) is 0 Å². The Kier molecular flexibility index (Phi) is 4.25. The first-order chi connectivity index (χ1) is 8.53. The number of nitrogens with one attached hydrogen (secondary N) is 1. The number of anilines is 2. The van der Waals surface area contributed by atoms with E-state index in [9.17, 15) is 13.2 Å². The number of rotatable bonds is 3. The molecule has 1 aromatic rings. The van der Waals surface area contributed by atoms with E-state index >= 15 is 0 Å². The smallest absolute Gasteiger partial charge is 0.239 e. The summed E-state index contributed by atoms with van der Waals surface area (Å²) in [6.45, 7) is 6.56. The molecule has 1 rings (SSSR count). The van der Waals surface area contributed by atoms with E-state index in [0.29, 0.717) is 11.4 Å². The molecule has 0 aromatic heterocycles. The largest absolute Gasteiger partial charge is 0.398 e. The zero-order valence-corrected chi connectivity index (χ0v) is 12.5. The van der Waals surface area contributed by atoms with Crippen molar-refractivity contribution in [2.75, 3.05) is 16.8 Å². The number of amides is 1. The molecular weight excluding hydrogens is 264 g/mol. The molecule has 0 atom stereocenters. The maximum absolute atomic E-state index is 11.9. The first-order valence-electron chi connectivity index (χ1n) is 5.91. The molecule has 1 aromatic carbocycles. The van der Waals surface area contributed by atoms with E-state index in [4.69, 9.17) is 5.73 Å². The maximum atomic E-state index is 11.9. The van der Waals surface area contributed by atoms with Crippen LogP contribution in [0.1, 0.15) is 26.3 Å². The maximum Gasteiger partial charge on any atom is 0.239 e. The number of carbonyl (C=O) groups is 1. The molecule has 0 unspecified atom stereocenters. The average Bonchev–Trinajstić information content (AvgIpc) is 2.21. The molecule has 5 nitrogen and oxygen atoms in total. The van der Waals surface area contributed by atoms with Gasteiger partial charge in [-0.15, -0.1) is 0 Å². The van der Waals surface area contributed by atoms with Crippen molar-refractivity contribution in [1.29, 1.82) is 0 Å². The molecule has 0 fully saturated rings. The lowest BCUT2D eigenvalue weighted by Crippen LogP contribution is -2.35. The van der Waals surface area contributed by atoms with Gasteiger partial charge < -0.3 is 11.1 Å². The van der Waals surface area contributed by atoms with Gasteiger partial charge in [0.15, 0.2) is 9.84 Å². The van der Waals surface area contributed by atoms with E-state index in [2.05, 4.69) is 5.32 Å². The third-order valence-corrected chi connectivity index (χ3v) is 5.33. The highest BCUT2D eigenvalue weighted by atomic mass is 32.2. The van der Waals surface area contributed by atoms with E-state index in [1.807, 2.05) is 6.92 Å². The average molecular weight is 284 g/mol. The van der Waals surface area contributed by atoms with Gasteiger partial charge in [0.05, 0.1) is 4.75 Å². The number of hydrogen-bond acceptors (Lipinski definition) is 4. The predicted octanol–water partition coefficient (Wildman–Crippen LogP) is 1.73. The van der Waals surface area contributed by atoms with Crippen molar-refractivity contribution in [2.24, 2.45) is 0 Å². The molecule has 0 radical (unpaired) electrons. The number of benzene rings is 1. The molecule has 1 amide bonds. The summed E-state index contributed by atoms with van der Waals surface area (Å²) in [4.78, 5) is 11.7. The van der Waals surface area contributed by atoms with E-state index in [0.717, 1.165) is 5.56 Å². The Balaban J connectivity index is 2.79. The first kappa shape index (κ1) is 15.5. The van der Waals surface area contributed by atoms with Crippen molar-refractivity contribution < 1.29 is 13.2 Å². The van der Waals surface area contributed by atoms with Gasteiger partial charge in [0.1, 0.15) is 5.75 Å². The van der Waals surface area contributed by atoms with Gasteiger partial charge in [-0.2, -0.15) is 0 Å². The van der Waals surface area contributed by atoms with Crippen LogP contribution < -0.4 is 11.1 Å². The van der Waals surface area contributed by atoms with Crippen molar-refractivity contribution in [3.63, 3.8) is 0 Å². The Morgan fingerprint density at radius 1 is 1.32 bits per heavy atom. The van der Waals surface area contributed by atoms with Crippen LogP contribution in [0.2, 0.25) is 0 Å². The minimum absolute atomic E-state index is 0.497. The number of carbonyl (C=O) groups excluding carboxylic acids is 1. The van der Waals surface area contributed by atoms with Gasteiger partial charge in [-0.05, 0) is 45.4 Å². The van der Waals surface area contributed by atoms with Crippen LogP contribution >= 0.6 is 0 Å². The van der Waals surface area contributed by atoms with Gasteiger partial charge in [-0.1, -0.05) is 6.07 Å². The predicted molar refractivity (Wildman–Crippen MR) is 77.8 cm³/mol. The highest BCUT2D eigenvalue weighted by Gasteiger charge is 2.31. The number of nitrogens with two attached hydrogens (primary N) is 1. The van der Waals surface area contributed by atoms with Crippen LogP contribution in [0.4, 0.5) is 11.4 Å². The van der Waals surface area contributed by atoms with Gasteiger partial charge >= 0.3 is 0 Å². The molecule has 0 heterocycles. The number of hydrogen-bond donors (Lipinski definition) is 2. The standard InChI is InChI=1S/C13H20N2O3S/c1-9-5-6-10(7-11(9)14)15-12(16)8-19(17,18)13(2,3)4/h5-7H,8,14H2,1-4H3,(H,15,16). The fourth-order valence-electron chi connectivity index (χ4n) is 1.30. The lowest BCUT2D eigenvalue weighted by atomic mass is 10.2. The molecule has 0 bridgehead atoms. The molecule has 0 saturated carbocycles. The second-order valence-electron chi connectivity index (χ2n) is 5.49. The molecule has 0 aliphatic rings. The lowest BCUT2D eigenvalue weighted by molar-refractivity contribution is -0.113. The summed E-state index contributed by atoms with van der Waals surface area (Å²) in [6, 6.07) is 5.06. The third-order valence-electron chi connectivity index (χ3n) is 2.82. The number of aryl methyl sites for hydroxylation is 1. The van der Waals surface area contributed by atoms with Gasteiger partial charge in [0, 0.05) is 11.4 Å². The van der Waals surface area contributed by atoms with E-state index < -0.39 is 26.2 Å². The van der Waals surface area contributed by atoms with Gasteiger partial charge in [-0.25, -0.2) is 8.42 Å². The molecule has 0 saturated heterocycles. The first-order valence-corrected chi connectivity index (χ1v) is 7.56. The van der Waals surface area contributed by atoms with Crippen LogP contribution in [0.25, 0.3) is 0 Å². The molecule has 3 N–H and O–H groups in total. The van der Waals surface area contributed by atoms with Crippen LogP contribution in [-0.2, 0) is 14.6 Å². The third kappa shape index (κ3) is 3.96. The summed E-state index contributed by atoms with van der Waals surface area (Å²) in [6.07, 6.45) is 0. The van der Waals surface area contributed by atoms with Crippen molar-refractivity contribution in [1.82, 2.24) is 0 Å². The van der Waals surface area contributed by atoms with Gasteiger partial charge in [0.2, 0.25) is 5.91 Å². The lowest BCUT2D eigenvalue weighted by Gasteiger charge is -2.18. The van der Waals surface area contributed by atoms with Crippen molar-refractivity contribution in [2.45, 2.75) is 32.4 Å². The fraction of sp³-hybridized carbons (Fsp3) is 0.462. The zero-order valence-electron chi connectivity index (χ0n) is 11.6. The summed E-state index contributed by atoms with van der Waals surface area (Å²) < 4.78 is 22.8. The van der Waals surface area contributed by atoms with Crippen molar-refractivity contribution in [3.05, 3.63) is 23.8 Å². The second-order valence-corrected chi connectivity index (χ2v) is 8.23. The molecule has 6 heteroatoms. The molecule has 0 aliphatic carbocycles. The van der Waals surface area contributed by atoms with Crippen molar-refractivity contribution in [3.8, 4) is 0 Å². The molecule has 106 valence electrons. The zero-order chi connectivity index (χ0) is 14.8. The topological polar surface area (TPSA) is 89.3 Å². The minimum Gasteiger partial charge on any atom is -0.398 e. The van der Waals surface area contributed by atoms with Crippen LogP contribution in [0.15, 0.2) is 18.2 Å². The summed E-state index contributed by atoms with van der Waals surface area (Å²) in [5, 5.41) is 2.54. The Morgan fingerprint density at radius 3 is 2.37 bits per heavy atom. The van der Waals surface area contributed by atoms with E-state index in [1.165, 1.54) is 0 Å². The fourth-order valence-corrected chi connectivity index (χ4v) is 2.15. The molecule has 0 aliphatic heterocycles. The summed E-state index contributed by atoms with van der Waals surface area (Å²) >= 11 is 0. The van der Waals surface area contributed by atoms with Crippen LogP contribution in [0, 0.1) is 6.92 Å². The van der Waals surface area contributed by atoms with Crippen LogP contribution in [-0.4, -0.2) is 24.8 Å². The van der Waals surface area contributed by atoms with Crippen molar-refractivity contribution >= 4 is 27.1 Å². The normalized spacial score (nSPS) is 12.2. The van der Waals surface area contributed by atoms with E-state index in [1.54, 1.807) is 39.0 Å². The number of sulfone groups is 1. The monoisotopic (exact) mass is 284 g/mol. The van der Waals surface area contributed by atoms with Gasteiger partial charge in [-0.3, -0.25) is 4.79 Å². The minimum atomic E-state index is -3.48. The summed E-state index contributed by atoms with van der Waals surface area (Å²) in [5.41, 5.74) is 7.68. The Labute approximate surface area is 114 Å². The number of nitrogen functional groups attached to an aromatic ring is 1. The summed E-state index contributed by atoms with van der Waals surface area (Å²) in [7, 11) is -3.48. The van der Waals surface area contributed by atoms with Crippen LogP contribution in [0.5, 0.6) is 0 Å². The molecule has 0 spiro atoms. The Hall–Kier alpha value is -1.56. The molecular formula is C13H20N2O3S. The van der Waals surface area contributed by atoms with Gasteiger partial charge in [0.25, 0.3) is 0 Å². The second kappa shape index (κ2) is 5.21. The highest BCUT2D eigenvalue weighted by Crippen LogP contribution is 2.19. The quantitative estimate of drug-likeness (QED) is 0.827. The summed E-state index contributed by atoms with van der Waals surface area (Å²) in [5.74, 6) is -1.09. The highest BCUT2D eigenvalue weighted by molar-refractivity contribution is 7.93. The SMILES string of the molecule is Cc1ccc(NC(=O)CS(=O)(=O)C(C)(C)C)cc1N.